The quantitative estimate of drug-likeness (QED) is 0.540. The van der Waals surface area contributed by atoms with Crippen molar-refractivity contribution in [2.45, 2.75) is 11.5 Å². The summed E-state index contributed by atoms with van der Waals surface area (Å²) in [5.41, 5.74) is 3.64. The van der Waals surface area contributed by atoms with E-state index in [2.05, 4.69) is 15.4 Å². The number of hydrogen-bond acceptors (Lipinski definition) is 6. The third-order valence-electron chi connectivity index (χ3n) is 4.28. The molecule has 28 heavy (non-hydrogen) atoms. The summed E-state index contributed by atoms with van der Waals surface area (Å²) >= 11 is 0. The van der Waals surface area contributed by atoms with E-state index in [4.69, 9.17) is 0 Å². The van der Waals surface area contributed by atoms with Gasteiger partial charge in [-0.1, -0.05) is 30.3 Å². The largest absolute Gasteiger partial charge is 0.392 e. The molecule has 0 aliphatic heterocycles. The monoisotopic (exact) mass is 394 g/mol. The lowest BCUT2D eigenvalue weighted by Gasteiger charge is -2.06. The number of sulfone groups is 1. The van der Waals surface area contributed by atoms with Gasteiger partial charge in [0.15, 0.2) is 15.5 Å². The van der Waals surface area contributed by atoms with Crippen LogP contribution in [-0.2, 0) is 16.4 Å². The van der Waals surface area contributed by atoms with Gasteiger partial charge in [0.1, 0.15) is 0 Å². The molecule has 0 radical (unpaired) electrons. The first-order valence-electron chi connectivity index (χ1n) is 8.57. The molecule has 2 aromatic heterocycles. The summed E-state index contributed by atoms with van der Waals surface area (Å²) < 4.78 is 25.4. The van der Waals surface area contributed by atoms with Crippen molar-refractivity contribution in [1.82, 2.24) is 14.6 Å². The van der Waals surface area contributed by atoms with Gasteiger partial charge in [-0.2, -0.15) is 4.98 Å². The molecule has 0 saturated carbocycles. The Labute approximate surface area is 162 Å². The zero-order valence-corrected chi connectivity index (χ0v) is 15.9. The van der Waals surface area contributed by atoms with Crippen molar-refractivity contribution >= 4 is 27.1 Å². The highest BCUT2D eigenvalue weighted by Crippen LogP contribution is 2.24. The molecule has 4 rings (SSSR count). The van der Waals surface area contributed by atoms with Gasteiger partial charge in [-0.05, 0) is 42.0 Å². The lowest BCUT2D eigenvalue weighted by Crippen LogP contribution is -1.99. The lowest BCUT2D eigenvalue weighted by molar-refractivity contribution is 0.282. The molecule has 7 nitrogen and oxygen atoms in total. The standard InChI is InChI=1S/C20H18N4O3S/c1-28(26,27)17-8-3-6-15(12-17)18-9-4-10-19-22-20(23-24(18)19)21-16-7-2-5-14(11-16)13-25/h2-12,25H,13H2,1H3,(H,21,23). The van der Waals surface area contributed by atoms with Crippen molar-refractivity contribution in [3.05, 3.63) is 72.3 Å². The summed E-state index contributed by atoms with van der Waals surface area (Å²) in [6.45, 7) is -0.0467. The van der Waals surface area contributed by atoms with Crippen LogP contribution in [-0.4, -0.2) is 34.4 Å². The number of aromatic nitrogens is 3. The van der Waals surface area contributed by atoms with E-state index < -0.39 is 9.84 Å². The topological polar surface area (TPSA) is 96.6 Å². The molecule has 0 unspecified atom stereocenters. The second kappa shape index (κ2) is 7.06. The van der Waals surface area contributed by atoms with Gasteiger partial charge in [0.2, 0.25) is 5.95 Å². The maximum absolute atomic E-state index is 11.9. The van der Waals surface area contributed by atoms with Crippen molar-refractivity contribution in [2.75, 3.05) is 11.6 Å². The van der Waals surface area contributed by atoms with Crippen LogP contribution >= 0.6 is 0 Å². The fraction of sp³-hybridized carbons (Fsp3) is 0.100. The Morgan fingerprint density at radius 2 is 1.82 bits per heavy atom. The van der Waals surface area contributed by atoms with Crippen LogP contribution in [0.4, 0.5) is 11.6 Å². The summed E-state index contributed by atoms with van der Waals surface area (Å²) in [5, 5.41) is 16.9. The number of pyridine rings is 1. The van der Waals surface area contributed by atoms with Crippen molar-refractivity contribution in [3.8, 4) is 11.3 Å². The third-order valence-corrected chi connectivity index (χ3v) is 5.39. The van der Waals surface area contributed by atoms with Crippen LogP contribution in [0.3, 0.4) is 0 Å². The van der Waals surface area contributed by atoms with E-state index >= 15 is 0 Å². The summed E-state index contributed by atoms with van der Waals surface area (Å²) in [6, 6.07) is 19.6. The molecule has 2 N–H and O–H groups in total. The van der Waals surface area contributed by atoms with Crippen molar-refractivity contribution in [3.63, 3.8) is 0 Å². The van der Waals surface area contributed by atoms with E-state index in [-0.39, 0.29) is 11.5 Å². The Morgan fingerprint density at radius 3 is 2.61 bits per heavy atom. The SMILES string of the molecule is CS(=O)(=O)c1cccc(-c2cccc3nc(Nc4cccc(CO)c4)nn23)c1. The predicted molar refractivity (Wildman–Crippen MR) is 107 cm³/mol. The van der Waals surface area contributed by atoms with Gasteiger partial charge in [0.05, 0.1) is 17.2 Å². The summed E-state index contributed by atoms with van der Waals surface area (Å²) in [5.74, 6) is 0.404. The fourth-order valence-electron chi connectivity index (χ4n) is 2.94. The highest BCUT2D eigenvalue weighted by atomic mass is 32.2. The first kappa shape index (κ1) is 18.1. The van der Waals surface area contributed by atoms with Gasteiger partial charge in [-0.3, -0.25) is 0 Å². The molecule has 0 amide bonds. The number of nitrogens with one attached hydrogen (secondary N) is 1. The molecule has 0 aliphatic rings. The van der Waals surface area contributed by atoms with Gasteiger partial charge in [0, 0.05) is 17.5 Å². The van der Waals surface area contributed by atoms with Crippen LogP contribution in [0.2, 0.25) is 0 Å². The molecule has 0 atom stereocenters. The molecule has 8 heteroatoms. The van der Waals surface area contributed by atoms with Crippen LogP contribution in [0.5, 0.6) is 0 Å². The number of anilines is 2. The minimum Gasteiger partial charge on any atom is -0.392 e. The molecular weight excluding hydrogens is 376 g/mol. The van der Waals surface area contributed by atoms with Crippen LogP contribution in [0.25, 0.3) is 16.9 Å². The molecule has 4 aromatic rings. The van der Waals surface area contributed by atoms with Crippen LogP contribution in [0, 0.1) is 0 Å². The molecule has 2 aromatic carbocycles. The molecule has 0 spiro atoms. The van der Waals surface area contributed by atoms with E-state index in [9.17, 15) is 13.5 Å². The molecular formula is C20H18N4O3S. The first-order valence-corrected chi connectivity index (χ1v) is 10.5. The Balaban J connectivity index is 1.75. The molecule has 0 bridgehead atoms. The average Bonchev–Trinajstić information content (AvgIpc) is 3.10. The molecule has 0 saturated heterocycles. The van der Waals surface area contributed by atoms with Gasteiger partial charge in [0.25, 0.3) is 0 Å². The second-order valence-corrected chi connectivity index (χ2v) is 8.42. The summed E-state index contributed by atoms with van der Waals surface area (Å²) in [6.07, 6.45) is 1.19. The van der Waals surface area contributed by atoms with Gasteiger partial charge in [-0.25, -0.2) is 12.9 Å². The normalized spacial score (nSPS) is 11.6. The number of hydrogen-bond donors (Lipinski definition) is 2. The Morgan fingerprint density at radius 1 is 1.04 bits per heavy atom. The van der Waals surface area contributed by atoms with Crippen LogP contribution in [0.1, 0.15) is 5.56 Å². The maximum Gasteiger partial charge on any atom is 0.247 e. The lowest BCUT2D eigenvalue weighted by atomic mass is 10.1. The fourth-order valence-corrected chi connectivity index (χ4v) is 3.61. The molecule has 2 heterocycles. The summed E-state index contributed by atoms with van der Waals surface area (Å²) in [4.78, 5) is 4.73. The van der Waals surface area contributed by atoms with Crippen LogP contribution < -0.4 is 5.32 Å². The minimum absolute atomic E-state index is 0.0467. The first-order chi connectivity index (χ1) is 13.4. The number of nitrogens with zero attached hydrogens (tertiary/aromatic N) is 3. The van der Waals surface area contributed by atoms with E-state index in [1.165, 1.54) is 6.26 Å². The highest BCUT2D eigenvalue weighted by molar-refractivity contribution is 7.90. The zero-order chi connectivity index (χ0) is 19.7. The number of rotatable bonds is 5. The molecule has 0 aliphatic carbocycles. The van der Waals surface area contributed by atoms with Gasteiger partial charge >= 0.3 is 0 Å². The van der Waals surface area contributed by atoms with E-state index in [1.807, 2.05) is 48.5 Å². The smallest absolute Gasteiger partial charge is 0.247 e. The van der Waals surface area contributed by atoms with E-state index in [1.54, 1.807) is 22.7 Å². The third kappa shape index (κ3) is 3.60. The van der Waals surface area contributed by atoms with Crippen molar-refractivity contribution in [1.29, 1.82) is 0 Å². The van der Waals surface area contributed by atoms with Crippen LogP contribution in [0.15, 0.2) is 71.6 Å². The number of benzene rings is 2. The highest BCUT2D eigenvalue weighted by Gasteiger charge is 2.12. The Kier molecular flexibility index (Phi) is 4.58. The second-order valence-electron chi connectivity index (χ2n) is 6.40. The van der Waals surface area contributed by atoms with Gasteiger partial charge < -0.3 is 10.4 Å². The summed E-state index contributed by atoms with van der Waals surface area (Å²) in [7, 11) is -3.31. The average molecular weight is 394 g/mol. The van der Waals surface area contributed by atoms with Crippen molar-refractivity contribution in [2.24, 2.45) is 0 Å². The minimum atomic E-state index is -3.31. The van der Waals surface area contributed by atoms with Crippen molar-refractivity contribution < 1.29 is 13.5 Å². The van der Waals surface area contributed by atoms with E-state index in [0.29, 0.717) is 11.6 Å². The predicted octanol–water partition coefficient (Wildman–Crippen LogP) is 3.04. The maximum atomic E-state index is 11.9. The molecule has 0 fully saturated rings. The Bertz CT molecular complexity index is 1270. The number of fused-ring (bicyclic) bond motifs is 1. The van der Waals surface area contributed by atoms with Gasteiger partial charge in [-0.15, -0.1) is 5.10 Å². The number of aliphatic hydroxyl groups excluding tert-OH is 1. The Hall–Kier alpha value is -3.23. The zero-order valence-electron chi connectivity index (χ0n) is 15.1. The number of aliphatic hydroxyl groups is 1. The molecule has 142 valence electrons. The van der Waals surface area contributed by atoms with E-state index in [0.717, 1.165) is 22.5 Å².